The van der Waals surface area contributed by atoms with Crippen LogP contribution in [0.5, 0.6) is 0 Å². The largest absolute Gasteiger partial charge is 0.289 e. The molecule has 1 aromatic rings. The molecule has 0 spiro atoms. The molecule has 1 aromatic carbocycles. The van der Waals surface area contributed by atoms with E-state index >= 15 is 0 Å². The quantitative estimate of drug-likeness (QED) is 0.610. The molecule has 1 aliphatic rings. The van der Waals surface area contributed by atoms with E-state index in [4.69, 9.17) is 0 Å². The summed E-state index contributed by atoms with van der Waals surface area (Å²) in [4.78, 5) is 10.0. The topological polar surface area (TPSA) is 89.3 Å². The van der Waals surface area contributed by atoms with Gasteiger partial charge in [-0.2, -0.15) is 0 Å². The molecule has 21 heavy (non-hydrogen) atoms. The fourth-order valence-electron chi connectivity index (χ4n) is 2.29. The lowest BCUT2D eigenvalue weighted by Crippen LogP contribution is -2.33. The van der Waals surface area contributed by atoms with Gasteiger partial charge in [0, 0.05) is 17.1 Å². The first-order valence-corrected chi connectivity index (χ1v) is 8.89. The molecule has 1 N–H and O–H groups in total. The molecule has 0 bridgehead atoms. The van der Waals surface area contributed by atoms with Crippen LogP contribution in [-0.2, 0) is 10.0 Å². The Morgan fingerprint density at radius 1 is 1.43 bits per heavy atom. The lowest BCUT2D eigenvalue weighted by atomic mass is 9.93. The van der Waals surface area contributed by atoms with E-state index in [-0.39, 0.29) is 10.3 Å². The van der Waals surface area contributed by atoms with Gasteiger partial charge in [0.2, 0.25) is 10.0 Å². The van der Waals surface area contributed by atoms with Gasteiger partial charge in [-0.05, 0) is 36.3 Å². The second kappa shape index (κ2) is 5.66. The van der Waals surface area contributed by atoms with Crippen LogP contribution >= 0.6 is 15.9 Å². The first-order chi connectivity index (χ1) is 9.68. The Labute approximate surface area is 132 Å². The van der Waals surface area contributed by atoms with E-state index in [9.17, 15) is 18.5 Å². The number of nitrogens with one attached hydrogen (secondary N) is 1. The number of nitro groups is 1. The molecule has 0 aliphatic heterocycles. The summed E-state index contributed by atoms with van der Waals surface area (Å²) in [6.45, 7) is 4.43. The van der Waals surface area contributed by atoms with E-state index in [1.165, 1.54) is 18.2 Å². The van der Waals surface area contributed by atoms with E-state index in [0.717, 1.165) is 12.8 Å². The fraction of sp³-hybridized carbons (Fsp3) is 0.538. The third-order valence-corrected chi connectivity index (χ3v) is 6.06. The lowest BCUT2D eigenvalue weighted by molar-refractivity contribution is -0.387. The highest BCUT2D eigenvalue weighted by atomic mass is 79.9. The maximum Gasteiger partial charge on any atom is 0.289 e. The van der Waals surface area contributed by atoms with Crippen molar-refractivity contribution in [2.75, 3.05) is 6.54 Å². The minimum Gasteiger partial charge on any atom is -0.258 e. The normalized spacial score (nSPS) is 17.0. The lowest BCUT2D eigenvalue weighted by Gasteiger charge is -2.20. The summed E-state index contributed by atoms with van der Waals surface area (Å²) in [6.07, 6.45) is 1.96. The van der Waals surface area contributed by atoms with Crippen LogP contribution in [-0.4, -0.2) is 19.9 Å². The zero-order valence-electron chi connectivity index (χ0n) is 11.8. The molecular weight excluding hydrogens is 360 g/mol. The number of nitrogens with zero attached hydrogens (tertiary/aromatic N) is 1. The van der Waals surface area contributed by atoms with Crippen molar-refractivity contribution in [3.63, 3.8) is 0 Å². The highest BCUT2D eigenvalue weighted by molar-refractivity contribution is 9.10. The summed E-state index contributed by atoms with van der Waals surface area (Å²) < 4.78 is 27.8. The molecule has 1 saturated carbocycles. The number of benzene rings is 1. The molecule has 0 unspecified atom stereocenters. The van der Waals surface area contributed by atoms with Crippen molar-refractivity contribution in [2.45, 2.75) is 31.6 Å². The van der Waals surface area contributed by atoms with Crippen molar-refractivity contribution in [1.29, 1.82) is 0 Å². The SMILES string of the molecule is CC(C)C1(CNS(=O)(=O)c2cc(Br)ccc2[N+](=O)[O-])CC1. The predicted molar refractivity (Wildman–Crippen MR) is 82.5 cm³/mol. The number of hydrogen-bond acceptors (Lipinski definition) is 4. The van der Waals surface area contributed by atoms with E-state index < -0.39 is 20.6 Å². The van der Waals surface area contributed by atoms with Crippen molar-refractivity contribution >= 4 is 31.6 Å². The van der Waals surface area contributed by atoms with Crippen LogP contribution in [0.25, 0.3) is 0 Å². The Bertz CT molecular complexity index is 669. The summed E-state index contributed by atoms with van der Waals surface area (Å²) >= 11 is 3.15. The predicted octanol–water partition coefficient (Wildman–Crippen LogP) is 3.07. The number of sulfonamides is 1. The molecule has 0 saturated heterocycles. The van der Waals surface area contributed by atoms with Gasteiger partial charge in [-0.1, -0.05) is 29.8 Å². The molecular formula is C13H17BrN2O4S. The van der Waals surface area contributed by atoms with Crippen LogP contribution in [0.3, 0.4) is 0 Å². The van der Waals surface area contributed by atoms with Gasteiger partial charge in [-0.25, -0.2) is 13.1 Å². The third kappa shape index (κ3) is 3.44. The van der Waals surface area contributed by atoms with Gasteiger partial charge in [-0.15, -0.1) is 0 Å². The van der Waals surface area contributed by atoms with Crippen molar-refractivity contribution in [3.05, 3.63) is 32.8 Å². The molecule has 0 heterocycles. The number of nitro benzene ring substituents is 1. The van der Waals surface area contributed by atoms with Crippen LogP contribution in [0.1, 0.15) is 26.7 Å². The van der Waals surface area contributed by atoms with E-state index in [1.807, 2.05) is 0 Å². The van der Waals surface area contributed by atoms with Crippen molar-refractivity contribution < 1.29 is 13.3 Å². The molecule has 6 nitrogen and oxygen atoms in total. The first-order valence-electron chi connectivity index (χ1n) is 6.61. The summed E-state index contributed by atoms with van der Waals surface area (Å²) in [7, 11) is -3.91. The summed E-state index contributed by atoms with van der Waals surface area (Å²) in [5.74, 6) is 0.373. The van der Waals surface area contributed by atoms with Gasteiger partial charge in [0.15, 0.2) is 4.90 Å². The third-order valence-electron chi connectivity index (χ3n) is 4.14. The minimum atomic E-state index is -3.91. The maximum absolute atomic E-state index is 12.4. The fourth-order valence-corrected chi connectivity index (χ4v) is 4.13. The highest BCUT2D eigenvalue weighted by Gasteiger charge is 2.46. The monoisotopic (exact) mass is 376 g/mol. The molecule has 8 heteroatoms. The molecule has 0 aromatic heterocycles. The van der Waals surface area contributed by atoms with E-state index in [0.29, 0.717) is 16.9 Å². The number of hydrogen-bond donors (Lipinski definition) is 1. The summed E-state index contributed by atoms with van der Waals surface area (Å²) in [5.41, 5.74) is -0.423. The van der Waals surface area contributed by atoms with E-state index in [1.54, 1.807) is 0 Å². The number of halogens is 1. The van der Waals surface area contributed by atoms with Crippen LogP contribution in [0.2, 0.25) is 0 Å². The van der Waals surface area contributed by atoms with Crippen molar-refractivity contribution in [2.24, 2.45) is 11.3 Å². The Morgan fingerprint density at radius 2 is 2.05 bits per heavy atom. The second-order valence-electron chi connectivity index (χ2n) is 5.71. The van der Waals surface area contributed by atoms with Gasteiger partial charge in [-0.3, -0.25) is 10.1 Å². The highest BCUT2D eigenvalue weighted by Crippen LogP contribution is 2.51. The van der Waals surface area contributed by atoms with Gasteiger partial charge in [0.25, 0.3) is 5.69 Å². The zero-order valence-corrected chi connectivity index (χ0v) is 14.2. The molecule has 1 fully saturated rings. The van der Waals surface area contributed by atoms with Crippen molar-refractivity contribution in [3.8, 4) is 0 Å². The minimum absolute atomic E-state index is 0.00609. The van der Waals surface area contributed by atoms with Gasteiger partial charge >= 0.3 is 0 Å². The second-order valence-corrected chi connectivity index (χ2v) is 8.36. The summed E-state index contributed by atoms with van der Waals surface area (Å²) in [6, 6.07) is 3.90. The molecule has 1 aliphatic carbocycles. The van der Waals surface area contributed by atoms with Crippen LogP contribution in [0.4, 0.5) is 5.69 Å². The smallest absolute Gasteiger partial charge is 0.258 e. The first kappa shape index (κ1) is 16.4. The van der Waals surface area contributed by atoms with Crippen LogP contribution in [0.15, 0.2) is 27.6 Å². The average Bonchev–Trinajstić information content (AvgIpc) is 3.17. The molecule has 0 amide bonds. The van der Waals surface area contributed by atoms with Crippen LogP contribution < -0.4 is 4.72 Å². The Kier molecular flexibility index (Phi) is 4.41. The van der Waals surface area contributed by atoms with Gasteiger partial charge < -0.3 is 0 Å². The molecule has 2 rings (SSSR count). The standard InChI is InChI=1S/C13H17BrN2O4S/c1-9(2)13(5-6-13)8-15-21(19,20)12-7-10(14)3-4-11(12)16(17)18/h3-4,7,9,15H,5-6,8H2,1-2H3. The average molecular weight is 377 g/mol. The van der Waals surface area contributed by atoms with Gasteiger partial charge in [0.1, 0.15) is 0 Å². The molecule has 0 atom stereocenters. The van der Waals surface area contributed by atoms with Crippen LogP contribution in [0, 0.1) is 21.4 Å². The maximum atomic E-state index is 12.4. The molecule has 116 valence electrons. The molecule has 0 radical (unpaired) electrons. The Balaban J connectivity index is 2.28. The Morgan fingerprint density at radius 3 is 2.52 bits per heavy atom. The van der Waals surface area contributed by atoms with Gasteiger partial charge in [0.05, 0.1) is 4.92 Å². The van der Waals surface area contributed by atoms with E-state index in [2.05, 4.69) is 34.5 Å². The Hall–Kier alpha value is -0.990. The number of rotatable bonds is 6. The summed E-state index contributed by atoms with van der Waals surface area (Å²) in [5, 5.41) is 11.0. The van der Waals surface area contributed by atoms with Crippen molar-refractivity contribution in [1.82, 2.24) is 4.72 Å². The zero-order chi connectivity index (χ0) is 15.8.